The van der Waals surface area contributed by atoms with Crippen LogP contribution >= 0.6 is 15.9 Å². The van der Waals surface area contributed by atoms with Crippen molar-refractivity contribution in [3.8, 4) is 0 Å². The SMILES string of the molecule is OC1[C@@H](OCc2ccccc2)C=C(Br)[C@@H](O)[C@H]1O. The molecule has 3 N–H and O–H groups in total. The zero-order valence-electron chi connectivity index (χ0n) is 9.61. The lowest BCUT2D eigenvalue weighted by molar-refractivity contribution is -0.112. The topological polar surface area (TPSA) is 69.9 Å². The van der Waals surface area contributed by atoms with Crippen LogP contribution in [0.3, 0.4) is 0 Å². The van der Waals surface area contributed by atoms with Crippen LogP contribution in [0.15, 0.2) is 40.9 Å². The molecule has 0 amide bonds. The van der Waals surface area contributed by atoms with E-state index in [1.165, 1.54) is 0 Å². The first-order valence-corrected chi connectivity index (χ1v) is 6.46. The predicted octanol–water partition coefficient (Wildman–Crippen LogP) is 0.947. The van der Waals surface area contributed by atoms with Crippen molar-refractivity contribution < 1.29 is 20.1 Å². The standard InChI is InChI=1S/C13H15BrO4/c14-9-6-10(12(16)13(17)11(9)15)18-7-8-4-2-1-3-5-8/h1-6,10-13,15-17H,7H2/t10-,11+,12?,13+/m0/s1. The number of hydrogen-bond acceptors (Lipinski definition) is 4. The predicted molar refractivity (Wildman–Crippen MR) is 70.0 cm³/mol. The van der Waals surface area contributed by atoms with Crippen molar-refractivity contribution in [2.24, 2.45) is 0 Å². The quantitative estimate of drug-likeness (QED) is 0.777. The third-order valence-corrected chi connectivity index (χ3v) is 3.63. The van der Waals surface area contributed by atoms with Crippen molar-refractivity contribution in [2.45, 2.75) is 31.0 Å². The van der Waals surface area contributed by atoms with Crippen molar-refractivity contribution in [1.29, 1.82) is 0 Å². The number of aliphatic hydroxyl groups excluding tert-OH is 3. The lowest BCUT2D eigenvalue weighted by atomic mass is 9.96. The minimum Gasteiger partial charge on any atom is -0.387 e. The Morgan fingerprint density at radius 3 is 2.39 bits per heavy atom. The lowest BCUT2D eigenvalue weighted by Crippen LogP contribution is -2.48. The van der Waals surface area contributed by atoms with E-state index in [0.29, 0.717) is 11.1 Å². The Labute approximate surface area is 114 Å². The van der Waals surface area contributed by atoms with Crippen LogP contribution < -0.4 is 0 Å². The van der Waals surface area contributed by atoms with Gasteiger partial charge in [-0.15, -0.1) is 0 Å². The highest BCUT2D eigenvalue weighted by Crippen LogP contribution is 2.26. The lowest BCUT2D eigenvalue weighted by Gasteiger charge is -2.32. The molecule has 1 aromatic rings. The molecule has 4 nitrogen and oxygen atoms in total. The summed E-state index contributed by atoms with van der Waals surface area (Å²) in [6.07, 6.45) is -2.55. The number of aliphatic hydroxyl groups is 3. The van der Waals surface area contributed by atoms with Crippen molar-refractivity contribution in [3.63, 3.8) is 0 Å². The van der Waals surface area contributed by atoms with E-state index >= 15 is 0 Å². The molecule has 98 valence electrons. The van der Waals surface area contributed by atoms with Crippen LogP contribution in [-0.2, 0) is 11.3 Å². The van der Waals surface area contributed by atoms with Gasteiger partial charge in [-0.05, 0) is 11.6 Å². The van der Waals surface area contributed by atoms with Crippen LogP contribution in [0.25, 0.3) is 0 Å². The molecule has 2 rings (SSSR count). The summed E-state index contributed by atoms with van der Waals surface area (Å²) in [7, 11) is 0. The second kappa shape index (κ2) is 5.95. The summed E-state index contributed by atoms with van der Waals surface area (Å²) >= 11 is 3.15. The molecule has 1 aromatic carbocycles. The molecule has 0 saturated carbocycles. The maximum Gasteiger partial charge on any atom is 0.114 e. The van der Waals surface area contributed by atoms with E-state index in [1.54, 1.807) is 6.08 Å². The van der Waals surface area contributed by atoms with E-state index in [9.17, 15) is 15.3 Å². The van der Waals surface area contributed by atoms with Crippen LogP contribution in [0.1, 0.15) is 5.56 Å². The second-order valence-electron chi connectivity index (χ2n) is 4.24. The Kier molecular flexibility index (Phi) is 4.53. The fourth-order valence-corrected chi connectivity index (χ4v) is 2.34. The van der Waals surface area contributed by atoms with Gasteiger partial charge in [-0.1, -0.05) is 46.3 Å². The Morgan fingerprint density at radius 2 is 1.72 bits per heavy atom. The van der Waals surface area contributed by atoms with Gasteiger partial charge in [0.25, 0.3) is 0 Å². The summed E-state index contributed by atoms with van der Waals surface area (Å²) in [5, 5.41) is 29.0. The van der Waals surface area contributed by atoms with Gasteiger partial charge in [0.2, 0.25) is 0 Å². The molecule has 0 bridgehead atoms. The van der Waals surface area contributed by atoms with E-state index < -0.39 is 24.4 Å². The molecule has 1 unspecified atom stereocenters. The Balaban J connectivity index is 2.01. The van der Waals surface area contributed by atoms with Crippen LogP contribution in [-0.4, -0.2) is 39.7 Å². The summed E-state index contributed by atoms with van der Waals surface area (Å²) in [4.78, 5) is 0. The first kappa shape index (κ1) is 13.7. The molecule has 0 aromatic heterocycles. The van der Waals surface area contributed by atoms with Crippen molar-refractivity contribution in [3.05, 3.63) is 46.5 Å². The zero-order valence-corrected chi connectivity index (χ0v) is 11.2. The summed E-state index contributed by atoms with van der Waals surface area (Å²) in [6, 6.07) is 9.55. The molecule has 18 heavy (non-hydrogen) atoms. The maximum atomic E-state index is 9.80. The first-order valence-electron chi connectivity index (χ1n) is 5.66. The summed E-state index contributed by atoms with van der Waals surface area (Å²) in [6.45, 7) is 0.335. The Morgan fingerprint density at radius 1 is 1.06 bits per heavy atom. The van der Waals surface area contributed by atoms with Crippen LogP contribution in [0.4, 0.5) is 0 Å². The van der Waals surface area contributed by atoms with E-state index in [2.05, 4.69) is 15.9 Å². The van der Waals surface area contributed by atoms with Gasteiger partial charge in [-0.2, -0.15) is 0 Å². The molecule has 0 aliphatic heterocycles. The largest absolute Gasteiger partial charge is 0.387 e. The van der Waals surface area contributed by atoms with Crippen molar-refractivity contribution in [2.75, 3.05) is 0 Å². The average Bonchev–Trinajstić information content (AvgIpc) is 2.40. The first-order chi connectivity index (χ1) is 8.59. The van der Waals surface area contributed by atoms with Gasteiger partial charge >= 0.3 is 0 Å². The molecule has 4 atom stereocenters. The highest BCUT2D eigenvalue weighted by molar-refractivity contribution is 9.11. The molecular weight excluding hydrogens is 300 g/mol. The van der Waals surface area contributed by atoms with Crippen LogP contribution in [0.2, 0.25) is 0 Å². The molecule has 0 radical (unpaired) electrons. The highest BCUT2D eigenvalue weighted by Gasteiger charge is 2.37. The second-order valence-corrected chi connectivity index (χ2v) is 5.15. The monoisotopic (exact) mass is 314 g/mol. The molecule has 0 fully saturated rings. The molecule has 0 saturated heterocycles. The minimum atomic E-state index is -1.25. The van der Waals surface area contributed by atoms with E-state index in [4.69, 9.17) is 4.74 Å². The third-order valence-electron chi connectivity index (χ3n) is 2.90. The van der Waals surface area contributed by atoms with Gasteiger partial charge < -0.3 is 20.1 Å². The van der Waals surface area contributed by atoms with Gasteiger partial charge in [-0.3, -0.25) is 0 Å². The van der Waals surface area contributed by atoms with Gasteiger partial charge in [0.1, 0.15) is 24.4 Å². The molecule has 0 heterocycles. The summed E-state index contributed by atoms with van der Waals surface area (Å²) in [5.74, 6) is 0. The Bertz CT molecular complexity index is 420. The van der Waals surface area contributed by atoms with Crippen LogP contribution in [0.5, 0.6) is 0 Å². The smallest absolute Gasteiger partial charge is 0.114 e. The zero-order chi connectivity index (χ0) is 13.1. The third kappa shape index (κ3) is 2.99. The molecular formula is C13H15BrO4. The number of rotatable bonds is 3. The summed E-state index contributed by atoms with van der Waals surface area (Å²) in [5.41, 5.74) is 0.981. The highest BCUT2D eigenvalue weighted by atomic mass is 79.9. The Hall–Kier alpha value is -0.720. The van der Waals surface area contributed by atoms with Crippen LogP contribution in [0, 0.1) is 0 Å². The summed E-state index contributed by atoms with van der Waals surface area (Å²) < 4.78 is 5.97. The van der Waals surface area contributed by atoms with E-state index in [1.807, 2.05) is 30.3 Å². The van der Waals surface area contributed by atoms with Crippen molar-refractivity contribution in [1.82, 2.24) is 0 Å². The minimum absolute atomic E-state index is 0.335. The fourth-order valence-electron chi connectivity index (χ4n) is 1.81. The molecule has 1 aliphatic rings. The maximum absolute atomic E-state index is 9.80. The number of benzene rings is 1. The van der Waals surface area contributed by atoms with Crippen molar-refractivity contribution >= 4 is 15.9 Å². The fraction of sp³-hybridized carbons (Fsp3) is 0.385. The average molecular weight is 315 g/mol. The van der Waals surface area contributed by atoms with Gasteiger partial charge in [-0.25, -0.2) is 0 Å². The van der Waals surface area contributed by atoms with Gasteiger partial charge in [0.05, 0.1) is 6.61 Å². The molecule has 1 aliphatic carbocycles. The molecule has 0 spiro atoms. The van der Waals surface area contributed by atoms with Gasteiger partial charge in [0, 0.05) is 4.48 Å². The number of halogens is 1. The van der Waals surface area contributed by atoms with Gasteiger partial charge in [0.15, 0.2) is 0 Å². The van der Waals surface area contributed by atoms with E-state index in [0.717, 1.165) is 5.56 Å². The van der Waals surface area contributed by atoms with E-state index in [-0.39, 0.29) is 0 Å². The molecule has 5 heteroatoms. The normalized spacial score (nSPS) is 32.1. The number of ether oxygens (including phenoxy) is 1. The number of hydrogen-bond donors (Lipinski definition) is 3.